The van der Waals surface area contributed by atoms with Gasteiger partial charge in [-0.2, -0.15) is 0 Å². The highest BCUT2D eigenvalue weighted by atomic mass is 79.9. The summed E-state index contributed by atoms with van der Waals surface area (Å²) in [4.78, 5) is 12.7. The first kappa shape index (κ1) is 18.9. The van der Waals surface area contributed by atoms with Crippen LogP contribution in [0.4, 0.5) is 5.69 Å². The fraction of sp³-hybridized carbons (Fsp3) is 0.136. The average molecular weight is 456 g/mol. The highest BCUT2D eigenvalue weighted by molar-refractivity contribution is 9.10. The van der Waals surface area contributed by atoms with E-state index in [-0.39, 0.29) is 10.8 Å². The highest BCUT2D eigenvalue weighted by Crippen LogP contribution is 2.44. The lowest BCUT2D eigenvalue weighted by Crippen LogP contribution is -2.47. The van der Waals surface area contributed by atoms with Gasteiger partial charge in [0.2, 0.25) is 0 Å². The van der Waals surface area contributed by atoms with Gasteiger partial charge in [0.15, 0.2) is 0 Å². The Kier molecular flexibility index (Phi) is 4.85. The minimum Gasteiger partial charge on any atom is -0.272 e. The quantitative estimate of drug-likeness (QED) is 0.541. The summed E-state index contributed by atoms with van der Waals surface area (Å²) in [6, 6.07) is 23.4. The van der Waals surface area contributed by atoms with Crippen molar-refractivity contribution < 1.29 is 13.2 Å². The SMILES string of the molecule is Cc1ccc(S(=O)(=O)N2C(=O)[C@@H](Br)[C@H](c3ccccc3)c3ccccc32)cc1. The Morgan fingerprint density at radius 2 is 1.46 bits per heavy atom. The smallest absolute Gasteiger partial charge is 0.270 e. The van der Waals surface area contributed by atoms with Crippen molar-refractivity contribution in [1.82, 2.24) is 0 Å². The molecule has 142 valence electrons. The Hall–Kier alpha value is -2.44. The monoisotopic (exact) mass is 455 g/mol. The number of fused-ring (bicyclic) bond motifs is 1. The number of sulfonamides is 1. The van der Waals surface area contributed by atoms with E-state index in [4.69, 9.17) is 0 Å². The van der Waals surface area contributed by atoms with Gasteiger partial charge in [-0.25, -0.2) is 12.7 Å². The Bertz CT molecular complexity index is 1130. The lowest BCUT2D eigenvalue weighted by Gasteiger charge is -2.36. The van der Waals surface area contributed by atoms with Crippen LogP contribution in [0.3, 0.4) is 0 Å². The van der Waals surface area contributed by atoms with Crippen LogP contribution < -0.4 is 4.31 Å². The first-order chi connectivity index (χ1) is 13.4. The number of amides is 1. The van der Waals surface area contributed by atoms with Gasteiger partial charge in [-0.1, -0.05) is 82.2 Å². The van der Waals surface area contributed by atoms with Crippen molar-refractivity contribution in [3.05, 3.63) is 95.6 Å². The number of halogens is 1. The average Bonchev–Trinajstić information content (AvgIpc) is 2.70. The molecule has 6 heteroatoms. The molecule has 1 aliphatic rings. The third-order valence-electron chi connectivity index (χ3n) is 4.94. The van der Waals surface area contributed by atoms with Crippen LogP contribution in [0, 0.1) is 6.92 Å². The number of rotatable bonds is 3. The van der Waals surface area contributed by atoms with E-state index in [2.05, 4.69) is 15.9 Å². The Labute approximate surface area is 173 Å². The van der Waals surface area contributed by atoms with Gasteiger partial charge in [0.05, 0.1) is 10.6 Å². The molecule has 1 amide bonds. The number of benzene rings is 3. The molecular formula is C22H18BrNO3S. The summed E-state index contributed by atoms with van der Waals surface area (Å²) in [6.45, 7) is 1.89. The molecule has 0 saturated heterocycles. The largest absolute Gasteiger partial charge is 0.272 e. The van der Waals surface area contributed by atoms with Gasteiger partial charge < -0.3 is 0 Å². The number of hydrogen-bond donors (Lipinski definition) is 0. The van der Waals surface area contributed by atoms with E-state index in [1.54, 1.807) is 24.3 Å². The number of anilines is 1. The standard InChI is InChI=1S/C22H18BrNO3S/c1-15-11-13-17(14-12-15)28(26,27)24-19-10-6-5-9-18(19)20(21(23)22(24)25)16-7-3-2-4-8-16/h2-14,20-21H,1H3/t20-,21+/m1/s1. The van der Waals surface area contributed by atoms with Crippen molar-refractivity contribution in [3.63, 3.8) is 0 Å². The number of para-hydroxylation sites is 1. The third kappa shape index (κ3) is 3.06. The lowest BCUT2D eigenvalue weighted by atomic mass is 9.85. The van der Waals surface area contributed by atoms with Gasteiger partial charge in [-0.05, 0) is 36.2 Å². The Morgan fingerprint density at radius 1 is 0.857 bits per heavy atom. The van der Waals surface area contributed by atoms with Crippen LogP contribution in [0.1, 0.15) is 22.6 Å². The molecule has 0 aliphatic carbocycles. The van der Waals surface area contributed by atoms with Crippen molar-refractivity contribution in [3.8, 4) is 0 Å². The molecule has 0 bridgehead atoms. The van der Waals surface area contributed by atoms with E-state index in [0.717, 1.165) is 21.0 Å². The first-order valence-electron chi connectivity index (χ1n) is 8.85. The Morgan fingerprint density at radius 3 is 2.14 bits per heavy atom. The number of carbonyl (C=O) groups excluding carboxylic acids is 1. The molecule has 1 heterocycles. The predicted molar refractivity (Wildman–Crippen MR) is 113 cm³/mol. The molecule has 0 saturated carbocycles. The van der Waals surface area contributed by atoms with Gasteiger partial charge in [0.1, 0.15) is 4.83 Å². The molecule has 0 fully saturated rings. The number of hydrogen-bond acceptors (Lipinski definition) is 3. The topological polar surface area (TPSA) is 54.5 Å². The van der Waals surface area contributed by atoms with E-state index in [9.17, 15) is 13.2 Å². The van der Waals surface area contributed by atoms with Crippen molar-refractivity contribution in [2.45, 2.75) is 22.6 Å². The fourth-order valence-corrected chi connectivity index (χ4v) is 5.94. The maximum Gasteiger partial charge on any atom is 0.270 e. The first-order valence-corrected chi connectivity index (χ1v) is 11.2. The Balaban J connectivity index is 1.90. The van der Waals surface area contributed by atoms with Gasteiger partial charge >= 0.3 is 0 Å². The molecule has 1 aliphatic heterocycles. The van der Waals surface area contributed by atoms with Crippen molar-refractivity contribution in [2.75, 3.05) is 4.31 Å². The lowest BCUT2D eigenvalue weighted by molar-refractivity contribution is -0.117. The van der Waals surface area contributed by atoms with Crippen LogP contribution >= 0.6 is 15.9 Å². The van der Waals surface area contributed by atoms with E-state index >= 15 is 0 Å². The summed E-state index contributed by atoms with van der Waals surface area (Å²) in [5.41, 5.74) is 3.10. The number of carbonyl (C=O) groups is 1. The second-order valence-electron chi connectivity index (χ2n) is 6.77. The van der Waals surface area contributed by atoms with Crippen LogP contribution in [-0.4, -0.2) is 19.2 Å². The zero-order valence-corrected chi connectivity index (χ0v) is 17.5. The second kappa shape index (κ2) is 7.18. The molecule has 0 spiro atoms. The minimum absolute atomic E-state index is 0.0964. The highest BCUT2D eigenvalue weighted by Gasteiger charge is 2.45. The zero-order chi connectivity index (χ0) is 19.9. The summed E-state index contributed by atoms with van der Waals surface area (Å²) in [7, 11) is -4.03. The number of alkyl halides is 1. The van der Waals surface area contributed by atoms with E-state index in [1.807, 2.05) is 49.4 Å². The summed E-state index contributed by atoms with van der Waals surface area (Å²) in [5.74, 6) is -0.762. The maximum atomic E-state index is 13.3. The molecule has 3 aromatic carbocycles. The summed E-state index contributed by atoms with van der Waals surface area (Å²) in [6.07, 6.45) is 0. The second-order valence-corrected chi connectivity index (χ2v) is 9.54. The van der Waals surface area contributed by atoms with Crippen molar-refractivity contribution >= 4 is 37.5 Å². The zero-order valence-electron chi connectivity index (χ0n) is 15.1. The molecule has 4 nitrogen and oxygen atoms in total. The number of aryl methyl sites for hydroxylation is 1. The molecule has 28 heavy (non-hydrogen) atoms. The normalized spacial score (nSPS) is 19.4. The molecule has 0 aromatic heterocycles. The molecular weight excluding hydrogens is 438 g/mol. The van der Waals surface area contributed by atoms with Gasteiger partial charge in [-0.3, -0.25) is 4.79 Å². The summed E-state index contributed by atoms with van der Waals surface area (Å²) < 4.78 is 27.6. The molecule has 4 rings (SSSR count). The van der Waals surface area contributed by atoms with Crippen LogP contribution in [-0.2, 0) is 14.8 Å². The van der Waals surface area contributed by atoms with E-state index in [1.165, 1.54) is 12.1 Å². The molecule has 0 radical (unpaired) electrons. The summed E-state index contributed by atoms with van der Waals surface area (Å²) >= 11 is 3.49. The van der Waals surface area contributed by atoms with Crippen LogP contribution in [0.25, 0.3) is 0 Å². The van der Waals surface area contributed by atoms with E-state index < -0.39 is 20.8 Å². The molecule has 3 aromatic rings. The van der Waals surface area contributed by atoms with Gasteiger partial charge in [-0.15, -0.1) is 0 Å². The summed E-state index contributed by atoms with van der Waals surface area (Å²) in [5, 5.41) is 0. The van der Waals surface area contributed by atoms with Crippen LogP contribution in [0.5, 0.6) is 0 Å². The molecule has 2 atom stereocenters. The van der Waals surface area contributed by atoms with Gasteiger partial charge in [0.25, 0.3) is 15.9 Å². The van der Waals surface area contributed by atoms with Crippen LogP contribution in [0.15, 0.2) is 83.8 Å². The molecule has 0 N–H and O–H groups in total. The van der Waals surface area contributed by atoms with Crippen molar-refractivity contribution in [1.29, 1.82) is 0 Å². The maximum absolute atomic E-state index is 13.3. The van der Waals surface area contributed by atoms with Crippen molar-refractivity contribution in [2.24, 2.45) is 0 Å². The number of nitrogens with zero attached hydrogens (tertiary/aromatic N) is 1. The third-order valence-corrected chi connectivity index (χ3v) is 7.58. The fourth-order valence-electron chi connectivity index (χ4n) is 3.54. The predicted octanol–water partition coefficient (Wildman–Crippen LogP) is 4.63. The molecule has 0 unspecified atom stereocenters. The van der Waals surface area contributed by atoms with E-state index in [0.29, 0.717) is 5.69 Å². The van der Waals surface area contributed by atoms with Crippen LogP contribution in [0.2, 0.25) is 0 Å². The van der Waals surface area contributed by atoms with Gasteiger partial charge in [0, 0.05) is 5.92 Å². The minimum atomic E-state index is -4.03.